The van der Waals surface area contributed by atoms with Crippen molar-refractivity contribution in [3.05, 3.63) is 59.9 Å². The van der Waals surface area contributed by atoms with Crippen LogP contribution in [0.2, 0.25) is 0 Å². The van der Waals surface area contributed by atoms with Gasteiger partial charge in [-0.3, -0.25) is 4.98 Å². The minimum Gasteiger partial charge on any atom is -0.437 e. The van der Waals surface area contributed by atoms with Crippen LogP contribution in [-0.2, 0) is 6.54 Å². The predicted octanol–water partition coefficient (Wildman–Crippen LogP) is 3.19. The third-order valence-corrected chi connectivity index (χ3v) is 3.04. The van der Waals surface area contributed by atoms with Crippen molar-refractivity contribution in [1.29, 1.82) is 0 Å². The van der Waals surface area contributed by atoms with Gasteiger partial charge in [0.2, 0.25) is 5.88 Å². The highest BCUT2D eigenvalue weighted by atomic mass is 16.5. The molecule has 20 heavy (non-hydrogen) atoms. The van der Waals surface area contributed by atoms with Crippen molar-refractivity contribution in [2.75, 3.05) is 0 Å². The number of benzene rings is 1. The van der Waals surface area contributed by atoms with Crippen LogP contribution in [0.15, 0.2) is 48.7 Å². The van der Waals surface area contributed by atoms with Gasteiger partial charge in [-0.25, -0.2) is 4.98 Å². The Kier molecular flexibility index (Phi) is 3.31. The highest BCUT2D eigenvalue weighted by Crippen LogP contribution is 2.27. The Bertz CT molecular complexity index is 750. The molecule has 0 saturated carbocycles. The zero-order valence-corrected chi connectivity index (χ0v) is 11.2. The van der Waals surface area contributed by atoms with E-state index in [1.807, 2.05) is 49.4 Å². The van der Waals surface area contributed by atoms with Crippen molar-refractivity contribution >= 4 is 10.9 Å². The van der Waals surface area contributed by atoms with Crippen LogP contribution in [0.5, 0.6) is 11.6 Å². The van der Waals surface area contributed by atoms with E-state index in [-0.39, 0.29) is 0 Å². The summed E-state index contributed by atoms with van der Waals surface area (Å²) in [5, 5.41) is 1.04. The molecule has 3 aromatic rings. The molecule has 4 heteroatoms. The summed E-state index contributed by atoms with van der Waals surface area (Å²) in [5.41, 5.74) is 8.39. The largest absolute Gasteiger partial charge is 0.437 e. The first-order valence-corrected chi connectivity index (χ1v) is 6.45. The third kappa shape index (κ3) is 2.46. The Morgan fingerprint density at radius 2 is 2.00 bits per heavy atom. The highest BCUT2D eigenvalue weighted by Gasteiger charge is 2.06. The number of nitrogens with zero attached hydrogens (tertiary/aromatic N) is 2. The van der Waals surface area contributed by atoms with Gasteiger partial charge in [-0.2, -0.15) is 0 Å². The molecule has 0 unspecified atom stereocenters. The molecule has 0 bridgehead atoms. The SMILES string of the molecule is Cc1cc(CN)cc(Oc2cccc3cccnc23)n1. The number of para-hydroxylation sites is 1. The van der Waals surface area contributed by atoms with Crippen LogP contribution in [0.4, 0.5) is 0 Å². The molecule has 0 aliphatic heterocycles. The second kappa shape index (κ2) is 5.27. The van der Waals surface area contributed by atoms with Crippen LogP contribution in [0.3, 0.4) is 0 Å². The fourth-order valence-electron chi connectivity index (χ4n) is 2.15. The maximum atomic E-state index is 5.89. The van der Waals surface area contributed by atoms with Crippen molar-refractivity contribution in [2.45, 2.75) is 13.5 Å². The Labute approximate surface area is 117 Å². The van der Waals surface area contributed by atoms with Gasteiger partial charge in [0.25, 0.3) is 0 Å². The Balaban J connectivity index is 2.03. The lowest BCUT2D eigenvalue weighted by atomic mass is 10.2. The molecule has 0 aliphatic carbocycles. The van der Waals surface area contributed by atoms with E-state index in [1.165, 1.54) is 0 Å². The molecule has 4 nitrogen and oxygen atoms in total. The maximum Gasteiger partial charge on any atom is 0.219 e. The van der Waals surface area contributed by atoms with Crippen LogP contribution in [0.1, 0.15) is 11.3 Å². The summed E-state index contributed by atoms with van der Waals surface area (Å²) >= 11 is 0. The van der Waals surface area contributed by atoms with Gasteiger partial charge < -0.3 is 10.5 Å². The summed E-state index contributed by atoms with van der Waals surface area (Å²) < 4.78 is 5.89. The molecule has 2 heterocycles. The van der Waals surface area contributed by atoms with E-state index in [0.29, 0.717) is 18.2 Å². The summed E-state index contributed by atoms with van der Waals surface area (Å²) in [5.74, 6) is 1.24. The molecule has 0 atom stereocenters. The zero-order chi connectivity index (χ0) is 13.9. The lowest BCUT2D eigenvalue weighted by molar-refractivity contribution is 0.465. The number of rotatable bonds is 3. The average molecular weight is 265 g/mol. The summed E-state index contributed by atoms with van der Waals surface area (Å²) in [7, 11) is 0. The number of nitrogens with two attached hydrogens (primary N) is 1. The fraction of sp³-hybridized carbons (Fsp3) is 0.125. The number of aromatic nitrogens is 2. The lowest BCUT2D eigenvalue weighted by Gasteiger charge is -2.09. The molecule has 0 aliphatic rings. The molecule has 0 fully saturated rings. The number of aryl methyl sites for hydroxylation is 1. The van der Waals surface area contributed by atoms with E-state index in [2.05, 4.69) is 9.97 Å². The Morgan fingerprint density at radius 3 is 2.85 bits per heavy atom. The minimum atomic E-state index is 0.466. The first kappa shape index (κ1) is 12.6. The van der Waals surface area contributed by atoms with Crippen LogP contribution in [0.25, 0.3) is 10.9 Å². The van der Waals surface area contributed by atoms with Crippen molar-refractivity contribution in [1.82, 2.24) is 9.97 Å². The Morgan fingerprint density at radius 1 is 1.15 bits per heavy atom. The van der Waals surface area contributed by atoms with Crippen LogP contribution < -0.4 is 10.5 Å². The first-order chi connectivity index (χ1) is 9.76. The maximum absolute atomic E-state index is 5.89. The zero-order valence-electron chi connectivity index (χ0n) is 11.2. The normalized spacial score (nSPS) is 10.7. The highest BCUT2D eigenvalue weighted by molar-refractivity contribution is 5.84. The van der Waals surface area contributed by atoms with E-state index < -0.39 is 0 Å². The monoisotopic (exact) mass is 265 g/mol. The second-order valence-electron chi connectivity index (χ2n) is 4.59. The predicted molar refractivity (Wildman–Crippen MR) is 78.7 cm³/mol. The second-order valence-corrected chi connectivity index (χ2v) is 4.59. The fourth-order valence-corrected chi connectivity index (χ4v) is 2.15. The molecular weight excluding hydrogens is 250 g/mol. The van der Waals surface area contributed by atoms with E-state index in [9.17, 15) is 0 Å². The number of pyridine rings is 2. The van der Waals surface area contributed by atoms with Gasteiger partial charge in [-0.1, -0.05) is 18.2 Å². The van der Waals surface area contributed by atoms with Crippen LogP contribution in [0, 0.1) is 6.92 Å². The van der Waals surface area contributed by atoms with Gasteiger partial charge in [0.1, 0.15) is 5.52 Å². The minimum absolute atomic E-state index is 0.466. The number of fused-ring (bicyclic) bond motifs is 1. The van der Waals surface area contributed by atoms with E-state index in [0.717, 1.165) is 22.2 Å². The van der Waals surface area contributed by atoms with Crippen LogP contribution >= 0.6 is 0 Å². The molecular formula is C16H15N3O. The molecule has 1 aromatic carbocycles. The molecule has 2 aromatic heterocycles. The Hall–Kier alpha value is -2.46. The molecule has 100 valence electrons. The number of hydrogen-bond donors (Lipinski definition) is 1. The van der Waals surface area contributed by atoms with Crippen molar-refractivity contribution in [2.24, 2.45) is 5.73 Å². The van der Waals surface area contributed by atoms with Gasteiger partial charge in [0.15, 0.2) is 5.75 Å². The van der Waals surface area contributed by atoms with Crippen molar-refractivity contribution < 1.29 is 4.74 Å². The van der Waals surface area contributed by atoms with Crippen molar-refractivity contribution in [3.63, 3.8) is 0 Å². The summed E-state index contributed by atoms with van der Waals surface area (Å²) in [6.45, 7) is 2.39. The standard InChI is InChI=1S/C16H15N3O/c1-11-8-12(10-17)9-15(19-11)20-14-6-2-4-13-5-3-7-18-16(13)14/h2-9H,10,17H2,1H3. The number of hydrogen-bond acceptors (Lipinski definition) is 4. The molecule has 2 N–H and O–H groups in total. The van der Waals surface area contributed by atoms with Gasteiger partial charge in [0, 0.05) is 29.9 Å². The van der Waals surface area contributed by atoms with E-state index in [1.54, 1.807) is 6.20 Å². The summed E-state index contributed by atoms with van der Waals surface area (Å²) in [6.07, 6.45) is 1.75. The third-order valence-electron chi connectivity index (χ3n) is 3.04. The molecule has 0 saturated heterocycles. The molecule has 0 radical (unpaired) electrons. The van der Waals surface area contributed by atoms with E-state index >= 15 is 0 Å². The van der Waals surface area contributed by atoms with Gasteiger partial charge in [-0.15, -0.1) is 0 Å². The van der Waals surface area contributed by atoms with Crippen molar-refractivity contribution in [3.8, 4) is 11.6 Å². The summed E-state index contributed by atoms with van der Waals surface area (Å²) in [4.78, 5) is 8.74. The van der Waals surface area contributed by atoms with E-state index in [4.69, 9.17) is 10.5 Å². The van der Waals surface area contributed by atoms with Crippen LogP contribution in [-0.4, -0.2) is 9.97 Å². The van der Waals surface area contributed by atoms with Gasteiger partial charge in [0.05, 0.1) is 0 Å². The summed E-state index contributed by atoms with van der Waals surface area (Å²) in [6, 6.07) is 13.6. The topological polar surface area (TPSA) is 61.0 Å². The van der Waals surface area contributed by atoms with Gasteiger partial charge >= 0.3 is 0 Å². The smallest absolute Gasteiger partial charge is 0.219 e. The molecule has 0 amide bonds. The van der Waals surface area contributed by atoms with Gasteiger partial charge in [-0.05, 0) is 30.7 Å². The average Bonchev–Trinajstić information content (AvgIpc) is 2.47. The quantitative estimate of drug-likeness (QED) is 0.790. The molecule has 0 spiro atoms. The number of ether oxygens (including phenoxy) is 1. The molecule has 3 rings (SSSR count). The first-order valence-electron chi connectivity index (χ1n) is 6.45. The lowest BCUT2D eigenvalue weighted by Crippen LogP contribution is -1.99.